The van der Waals surface area contributed by atoms with Gasteiger partial charge in [-0.2, -0.15) is 0 Å². The van der Waals surface area contributed by atoms with Gasteiger partial charge >= 0.3 is 4.87 Å². The molecule has 2 rings (SSSR count). The summed E-state index contributed by atoms with van der Waals surface area (Å²) < 4.78 is 27.4. The van der Waals surface area contributed by atoms with Crippen LogP contribution in [0.25, 0.3) is 0 Å². The first-order chi connectivity index (χ1) is 8.79. The number of thiazole rings is 1. The van der Waals surface area contributed by atoms with Crippen molar-refractivity contribution in [2.45, 2.75) is 18.1 Å². The van der Waals surface area contributed by atoms with Gasteiger partial charge in [-0.25, -0.2) is 13.4 Å². The molecule has 9 heteroatoms. The SMILES string of the molecule is Cc1cc(NS(=O)(=O)c2sc(=O)[nH]c2C)ncc1Br. The molecule has 2 N–H and O–H groups in total. The van der Waals surface area contributed by atoms with E-state index in [0.717, 1.165) is 10.0 Å². The highest BCUT2D eigenvalue weighted by Gasteiger charge is 2.21. The number of nitrogens with one attached hydrogen (secondary N) is 2. The topological polar surface area (TPSA) is 91.9 Å². The Morgan fingerprint density at radius 3 is 2.63 bits per heavy atom. The minimum absolute atomic E-state index is 0.0279. The van der Waals surface area contributed by atoms with Crippen molar-refractivity contribution in [3.05, 3.63) is 37.7 Å². The maximum Gasteiger partial charge on any atom is 0.306 e. The number of halogens is 1. The molecule has 0 unspecified atom stereocenters. The Kier molecular flexibility index (Phi) is 3.79. The van der Waals surface area contributed by atoms with Gasteiger partial charge in [-0.3, -0.25) is 9.52 Å². The molecule has 102 valence electrons. The highest BCUT2D eigenvalue weighted by Crippen LogP contribution is 2.22. The number of aryl methyl sites for hydroxylation is 2. The largest absolute Gasteiger partial charge is 0.315 e. The Balaban J connectivity index is 2.39. The Morgan fingerprint density at radius 2 is 2.11 bits per heavy atom. The van der Waals surface area contributed by atoms with Crippen molar-refractivity contribution in [3.8, 4) is 0 Å². The van der Waals surface area contributed by atoms with Gasteiger partial charge in [0.1, 0.15) is 5.82 Å². The van der Waals surface area contributed by atoms with Crippen LogP contribution in [0.5, 0.6) is 0 Å². The molecule has 0 amide bonds. The monoisotopic (exact) mass is 363 g/mol. The third-order valence-electron chi connectivity index (χ3n) is 2.31. The molecule has 0 fully saturated rings. The number of pyridine rings is 1. The van der Waals surface area contributed by atoms with E-state index >= 15 is 0 Å². The van der Waals surface area contributed by atoms with Crippen molar-refractivity contribution in [3.63, 3.8) is 0 Å². The lowest BCUT2D eigenvalue weighted by atomic mass is 10.3. The summed E-state index contributed by atoms with van der Waals surface area (Å²) in [5, 5.41) is 0. The van der Waals surface area contributed by atoms with E-state index in [9.17, 15) is 13.2 Å². The fourth-order valence-corrected chi connectivity index (χ4v) is 3.94. The summed E-state index contributed by atoms with van der Waals surface area (Å²) in [6.45, 7) is 3.36. The van der Waals surface area contributed by atoms with Crippen molar-refractivity contribution in [1.82, 2.24) is 9.97 Å². The van der Waals surface area contributed by atoms with Crippen LogP contribution in [0.2, 0.25) is 0 Å². The number of aromatic amines is 1. The van der Waals surface area contributed by atoms with E-state index in [-0.39, 0.29) is 10.0 Å². The van der Waals surface area contributed by atoms with Gasteiger partial charge in [0, 0.05) is 16.4 Å². The summed E-state index contributed by atoms with van der Waals surface area (Å²) >= 11 is 3.93. The zero-order chi connectivity index (χ0) is 14.2. The summed E-state index contributed by atoms with van der Waals surface area (Å²) in [5.74, 6) is 0.209. The molecule has 0 aromatic carbocycles. The number of anilines is 1. The molecule has 2 aromatic rings. The molecule has 19 heavy (non-hydrogen) atoms. The van der Waals surface area contributed by atoms with Crippen LogP contribution in [0.1, 0.15) is 11.3 Å². The highest BCUT2D eigenvalue weighted by atomic mass is 79.9. The smallest absolute Gasteiger partial charge is 0.306 e. The van der Waals surface area contributed by atoms with Crippen LogP contribution in [0.3, 0.4) is 0 Å². The number of H-pyrrole nitrogens is 1. The summed E-state index contributed by atoms with van der Waals surface area (Å²) in [6.07, 6.45) is 1.51. The van der Waals surface area contributed by atoms with Crippen LogP contribution in [0, 0.1) is 13.8 Å². The van der Waals surface area contributed by atoms with Crippen LogP contribution in [-0.4, -0.2) is 18.4 Å². The van der Waals surface area contributed by atoms with E-state index in [1.807, 2.05) is 6.92 Å². The first-order valence-corrected chi connectivity index (χ1v) is 8.23. The number of nitrogens with zero attached hydrogens (tertiary/aromatic N) is 1. The van der Waals surface area contributed by atoms with Crippen LogP contribution in [0.15, 0.2) is 25.7 Å². The summed E-state index contributed by atoms with van der Waals surface area (Å²) in [5.41, 5.74) is 1.17. The first-order valence-electron chi connectivity index (χ1n) is 5.14. The predicted octanol–water partition coefficient (Wildman–Crippen LogP) is 2.01. The lowest BCUT2D eigenvalue weighted by Gasteiger charge is -2.07. The molecule has 0 saturated carbocycles. The van der Waals surface area contributed by atoms with Crippen molar-refractivity contribution in [1.29, 1.82) is 0 Å². The molecule has 6 nitrogen and oxygen atoms in total. The number of sulfonamides is 1. The quantitative estimate of drug-likeness (QED) is 0.872. The third-order valence-corrected chi connectivity index (χ3v) is 6.10. The Morgan fingerprint density at radius 1 is 1.42 bits per heavy atom. The molecule has 0 bridgehead atoms. The molecule has 0 aliphatic heterocycles. The maximum atomic E-state index is 12.1. The average molecular weight is 364 g/mol. The molecule has 2 heterocycles. The zero-order valence-corrected chi connectivity index (χ0v) is 13.2. The summed E-state index contributed by atoms with van der Waals surface area (Å²) in [4.78, 5) is 17.2. The van der Waals surface area contributed by atoms with Gasteiger partial charge in [0.25, 0.3) is 10.0 Å². The van der Waals surface area contributed by atoms with Gasteiger partial charge in [0.15, 0.2) is 4.21 Å². The Labute approximate surface area is 122 Å². The van der Waals surface area contributed by atoms with Crippen LogP contribution in [-0.2, 0) is 10.0 Å². The first kappa shape index (κ1) is 14.2. The van der Waals surface area contributed by atoms with E-state index in [4.69, 9.17) is 0 Å². The van der Waals surface area contributed by atoms with Gasteiger partial charge in [-0.15, -0.1) is 0 Å². The second kappa shape index (κ2) is 5.06. The van der Waals surface area contributed by atoms with Crippen molar-refractivity contribution in [2.75, 3.05) is 4.72 Å². The lowest BCUT2D eigenvalue weighted by molar-refractivity contribution is 0.602. The minimum Gasteiger partial charge on any atom is -0.315 e. The molecule has 0 radical (unpaired) electrons. The van der Waals surface area contributed by atoms with Crippen molar-refractivity contribution < 1.29 is 8.42 Å². The van der Waals surface area contributed by atoms with E-state index < -0.39 is 14.9 Å². The fraction of sp³-hybridized carbons (Fsp3) is 0.200. The van der Waals surface area contributed by atoms with Gasteiger partial charge in [0.05, 0.1) is 0 Å². The Hall–Kier alpha value is -1.19. The minimum atomic E-state index is -3.79. The van der Waals surface area contributed by atoms with Crippen molar-refractivity contribution in [2.24, 2.45) is 0 Å². The third kappa shape index (κ3) is 3.04. The second-order valence-corrected chi connectivity index (χ2v) is 7.57. The number of hydrogen-bond donors (Lipinski definition) is 2. The number of aromatic nitrogens is 2. The average Bonchev–Trinajstić information content (AvgIpc) is 2.63. The van der Waals surface area contributed by atoms with E-state index in [2.05, 4.69) is 30.6 Å². The predicted molar refractivity (Wildman–Crippen MR) is 77.2 cm³/mol. The molecule has 0 atom stereocenters. The standard InChI is InChI=1S/C10H10BrN3O3S2/c1-5-3-8(12-4-7(5)11)14-19(16,17)9-6(2)13-10(15)18-9/h3-4H,1-2H3,(H,12,14)(H,13,15). The van der Waals surface area contributed by atoms with Gasteiger partial charge in [0.2, 0.25) is 0 Å². The Bertz CT molecular complexity index is 780. The van der Waals surface area contributed by atoms with E-state index in [0.29, 0.717) is 17.0 Å². The second-order valence-electron chi connectivity index (χ2n) is 3.85. The fourth-order valence-electron chi connectivity index (χ4n) is 1.43. The van der Waals surface area contributed by atoms with E-state index in [1.165, 1.54) is 13.1 Å². The summed E-state index contributed by atoms with van der Waals surface area (Å²) in [7, 11) is -3.79. The normalized spacial score (nSPS) is 11.5. The summed E-state index contributed by atoms with van der Waals surface area (Å²) in [6, 6.07) is 1.60. The molecule has 0 saturated heterocycles. The van der Waals surface area contributed by atoms with Crippen LogP contribution < -0.4 is 9.60 Å². The van der Waals surface area contributed by atoms with Gasteiger partial charge in [-0.1, -0.05) is 11.3 Å². The molecule has 0 aliphatic carbocycles. The van der Waals surface area contributed by atoms with Crippen molar-refractivity contribution >= 4 is 43.1 Å². The van der Waals surface area contributed by atoms with E-state index in [1.54, 1.807) is 6.07 Å². The lowest BCUT2D eigenvalue weighted by Crippen LogP contribution is -2.13. The molecule has 2 aromatic heterocycles. The maximum absolute atomic E-state index is 12.1. The van der Waals surface area contributed by atoms with Gasteiger partial charge in [-0.05, 0) is 41.4 Å². The molecular formula is C10H10BrN3O3S2. The molecular weight excluding hydrogens is 354 g/mol. The molecule has 0 aliphatic rings. The molecule has 0 spiro atoms. The zero-order valence-electron chi connectivity index (χ0n) is 10.0. The van der Waals surface area contributed by atoms with Crippen LogP contribution in [0.4, 0.5) is 5.82 Å². The number of hydrogen-bond acceptors (Lipinski definition) is 5. The van der Waals surface area contributed by atoms with Gasteiger partial charge < -0.3 is 4.98 Å². The van der Waals surface area contributed by atoms with Crippen LogP contribution >= 0.6 is 27.3 Å². The number of rotatable bonds is 3. The highest BCUT2D eigenvalue weighted by molar-refractivity contribution is 9.10.